The van der Waals surface area contributed by atoms with E-state index in [0.717, 1.165) is 17.3 Å². The van der Waals surface area contributed by atoms with Crippen LogP contribution in [0.2, 0.25) is 0 Å². The van der Waals surface area contributed by atoms with Crippen LogP contribution in [0.15, 0.2) is 34.2 Å². The Kier molecular flexibility index (Phi) is 5.55. The molecule has 0 unspecified atom stereocenters. The number of carbonyl (C=O) groups excluding carboxylic acids is 1. The lowest BCUT2D eigenvalue weighted by Gasteiger charge is -2.11. The molecule has 1 aromatic heterocycles. The Morgan fingerprint density at radius 1 is 1.50 bits per heavy atom. The molecular formula is C14H15BrN2O2S. The minimum Gasteiger partial charge on any atom is -0.493 e. The maximum Gasteiger partial charge on any atom is 0.261 e. The number of carbonyl (C=O) groups is 1. The van der Waals surface area contributed by atoms with Crippen LogP contribution < -0.4 is 10.1 Å². The van der Waals surface area contributed by atoms with Crippen LogP contribution in [0.25, 0.3) is 0 Å². The van der Waals surface area contributed by atoms with Gasteiger partial charge in [0.05, 0.1) is 12.2 Å². The molecule has 6 heteroatoms. The molecule has 0 aliphatic rings. The van der Waals surface area contributed by atoms with Crippen molar-refractivity contribution in [2.75, 3.05) is 11.9 Å². The van der Waals surface area contributed by atoms with Crippen LogP contribution in [-0.2, 0) is 0 Å². The summed E-state index contributed by atoms with van der Waals surface area (Å²) in [6.07, 6.45) is 3.67. The Morgan fingerprint density at radius 3 is 3.05 bits per heavy atom. The monoisotopic (exact) mass is 354 g/mol. The van der Waals surface area contributed by atoms with Crippen molar-refractivity contribution in [1.29, 1.82) is 0 Å². The zero-order chi connectivity index (χ0) is 14.4. The highest BCUT2D eigenvalue weighted by Gasteiger charge is 2.14. The van der Waals surface area contributed by atoms with Crippen LogP contribution in [0.5, 0.6) is 5.75 Å². The molecule has 0 atom stereocenters. The first-order valence-corrected chi connectivity index (χ1v) is 8.01. The van der Waals surface area contributed by atoms with Crippen molar-refractivity contribution in [3.05, 3.63) is 39.8 Å². The molecule has 1 amide bonds. The summed E-state index contributed by atoms with van der Waals surface area (Å²) in [5.41, 5.74) is 0.505. The number of benzene rings is 1. The van der Waals surface area contributed by atoms with Gasteiger partial charge in [0.25, 0.3) is 5.91 Å². The number of hydrogen-bond acceptors (Lipinski definition) is 4. The van der Waals surface area contributed by atoms with E-state index in [2.05, 4.69) is 33.2 Å². The molecule has 0 spiro atoms. The summed E-state index contributed by atoms with van der Waals surface area (Å²) in [5.74, 6) is 0.378. The maximum absolute atomic E-state index is 12.3. The van der Waals surface area contributed by atoms with Gasteiger partial charge in [-0.25, -0.2) is 4.98 Å². The van der Waals surface area contributed by atoms with E-state index in [4.69, 9.17) is 4.74 Å². The quantitative estimate of drug-likeness (QED) is 0.785. The first-order chi connectivity index (χ1) is 9.70. The molecule has 0 bridgehead atoms. The summed E-state index contributed by atoms with van der Waals surface area (Å²) in [7, 11) is 0. The van der Waals surface area contributed by atoms with Crippen LogP contribution in [0.3, 0.4) is 0 Å². The number of amides is 1. The summed E-state index contributed by atoms with van der Waals surface area (Å²) < 4.78 is 6.51. The van der Waals surface area contributed by atoms with Gasteiger partial charge in [0.15, 0.2) is 5.13 Å². The van der Waals surface area contributed by atoms with E-state index >= 15 is 0 Å². The van der Waals surface area contributed by atoms with Crippen LogP contribution in [-0.4, -0.2) is 17.5 Å². The molecular weight excluding hydrogens is 340 g/mol. The topological polar surface area (TPSA) is 51.2 Å². The highest BCUT2D eigenvalue weighted by Crippen LogP contribution is 2.25. The van der Waals surface area contributed by atoms with Crippen molar-refractivity contribution in [3.63, 3.8) is 0 Å². The Morgan fingerprint density at radius 2 is 2.35 bits per heavy atom. The summed E-state index contributed by atoms with van der Waals surface area (Å²) in [5, 5.41) is 5.16. The predicted molar refractivity (Wildman–Crippen MR) is 84.6 cm³/mol. The zero-order valence-corrected chi connectivity index (χ0v) is 13.5. The second-order valence-electron chi connectivity index (χ2n) is 4.13. The minimum atomic E-state index is -0.215. The van der Waals surface area contributed by atoms with Crippen molar-refractivity contribution in [1.82, 2.24) is 4.98 Å². The van der Waals surface area contributed by atoms with Gasteiger partial charge in [0.2, 0.25) is 0 Å². The average molecular weight is 355 g/mol. The number of nitrogens with one attached hydrogen (secondary N) is 1. The van der Waals surface area contributed by atoms with Gasteiger partial charge in [-0.1, -0.05) is 29.3 Å². The highest BCUT2D eigenvalue weighted by atomic mass is 79.9. The number of nitrogens with zero attached hydrogens (tertiary/aromatic N) is 1. The predicted octanol–water partition coefficient (Wildman–Crippen LogP) is 4.34. The van der Waals surface area contributed by atoms with Gasteiger partial charge in [-0.05, 0) is 24.6 Å². The standard InChI is InChI=1S/C14H15BrN2O2S/c1-2-3-7-19-12-5-4-10(15)9-11(12)13(18)17-14-16-6-8-20-14/h4-6,8-9H,2-3,7H2,1H3,(H,16,17,18). The number of aromatic nitrogens is 1. The lowest BCUT2D eigenvalue weighted by molar-refractivity contribution is 0.102. The van der Waals surface area contributed by atoms with Crippen LogP contribution in [0, 0.1) is 0 Å². The normalized spacial score (nSPS) is 10.3. The largest absolute Gasteiger partial charge is 0.493 e. The molecule has 1 aromatic carbocycles. The summed E-state index contributed by atoms with van der Waals surface area (Å²) in [6.45, 7) is 2.71. The molecule has 0 radical (unpaired) electrons. The average Bonchev–Trinajstić information content (AvgIpc) is 2.93. The summed E-state index contributed by atoms with van der Waals surface area (Å²) in [4.78, 5) is 16.3. The number of rotatable bonds is 6. The number of unbranched alkanes of at least 4 members (excludes halogenated alkanes) is 1. The second kappa shape index (κ2) is 7.40. The molecule has 2 aromatic rings. The minimum absolute atomic E-state index is 0.215. The lowest BCUT2D eigenvalue weighted by Crippen LogP contribution is -2.14. The van der Waals surface area contributed by atoms with Crippen LogP contribution >= 0.6 is 27.3 Å². The van der Waals surface area contributed by atoms with Crippen molar-refractivity contribution in [2.45, 2.75) is 19.8 Å². The fourth-order valence-electron chi connectivity index (χ4n) is 1.58. The molecule has 1 heterocycles. The van der Waals surface area contributed by atoms with Crippen molar-refractivity contribution in [3.8, 4) is 5.75 Å². The molecule has 106 valence electrons. The molecule has 2 rings (SSSR count). The first kappa shape index (κ1) is 15.0. The van der Waals surface area contributed by atoms with E-state index in [1.165, 1.54) is 11.3 Å². The number of halogens is 1. The fourth-order valence-corrected chi connectivity index (χ4v) is 2.47. The van der Waals surface area contributed by atoms with Gasteiger partial charge in [0, 0.05) is 16.0 Å². The molecule has 0 saturated carbocycles. The number of ether oxygens (including phenoxy) is 1. The first-order valence-electron chi connectivity index (χ1n) is 6.34. The highest BCUT2D eigenvalue weighted by molar-refractivity contribution is 9.10. The van der Waals surface area contributed by atoms with Crippen LogP contribution in [0.1, 0.15) is 30.1 Å². The second-order valence-corrected chi connectivity index (χ2v) is 5.94. The van der Waals surface area contributed by atoms with Gasteiger partial charge < -0.3 is 4.74 Å². The molecule has 0 fully saturated rings. The molecule has 0 saturated heterocycles. The third kappa shape index (κ3) is 4.05. The van der Waals surface area contributed by atoms with E-state index in [0.29, 0.717) is 23.1 Å². The van der Waals surface area contributed by atoms with E-state index in [-0.39, 0.29) is 5.91 Å². The molecule has 1 N–H and O–H groups in total. The number of thiazole rings is 1. The van der Waals surface area contributed by atoms with Crippen molar-refractivity contribution < 1.29 is 9.53 Å². The Hall–Kier alpha value is -1.40. The van der Waals surface area contributed by atoms with Gasteiger partial charge >= 0.3 is 0 Å². The lowest BCUT2D eigenvalue weighted by atomic mass is 10.2. The molecule has 0 aliphatic heterocycles. The molecule has 4 nitrogen and oxygen atoms in total. The van der Waals surface area contributed by atoms with E-state index in [1.807, 2.05) is 11.4 Å². The Bertz CT molecular complexity index is 573. The Balaban J connectivity index is 2.15. The number of hydrogen-bond donors (Lipinski definition) is 1. The Labute approximate surface area is 130 Å². The van der Waals surface area contributed by atoms with Crippen molar-refractivity contribution >= 4 is 38.3 Å². The summed E-state index contributed by atoms with van der Waals surface area (Å²) >= 11 is 4.76. The van der Waals surface area contributed by atoms with E-state index in [1.54, 1.807) is 18.3 Å². The van der Waals surface area contributed by atoms with Gasteiger partial charge in [-0.2, -0.15) is 0 Å². The fraction of sp³-hybridized carbons (Fsp3) is 0.286. The van der Waals surface area contributed by atoms with Crippen LogP contribution in [0.4, 0.5) is 5.13 Å². The van der Waals surface area contributed by atoms with E-state index < -0.39 is 0 Å². The third-order valence-corrected chi connectivity index (χ3v) is 3.78. The molecule has 20 heavy (non-hydrogen) atoms. The maximum atomic E-state index is 12.3. The van der Waals surface area contributed by atoms with E-state index in [9.17, 15) is 4.79 Å². The number of anilines is 1. The molecule has 0 aliphatic carbocycles. The zero-order valence-electron chi connectivity index (χ0n) is 11.1. The van der Waals surface area contributed by atoms with Crippen molar-refractivity contribution in [2.24, 2.45) is 0 Å². The third-order valence-electron chi connectivity index (χ3n) is 2.59. The van der Waals surface area contributed by atoms with Gasteiger partial charge in [-0.15, -0.1) is 11.3 Å². The smallest absolute Gasteiger partial charge is 0.261 e. The SMILES string of the molecule is CCCCOc1ccc(Br)cc1C(=O)Nc1nccs1. The summed E-state index contributed by atoms with van der Waals surface area (Å²) in [6, 6.07) is 5.42. The van der Waals surface area contributed by atoms with Gasteiger partial charge in [-0.3, -0.25) is 10.1 Å². The van der Waals surface area contributed by atoms with Gasteiger partial charge in [0.1, 0.15) is 5.75 Å².